The van der Waals surface area contributed by atoms with Gasteiger partial charge >= 0.3 is 0 Å². The van der Waals surface area contributed by atoms with Gasteiger partial charge in [-0.05, 0) is 37.5 Å². The van der Waals surface area contributed by atoms with Crippen LogP contribution in [-0.4, -0.2) is 38.6 Å². The zero-order valence-electron chi connectivity index (χ0n) is 12.8. The lowest BCUT2D eigenvalue weighted by Crippen LogP contribution is -2.40. The minimum Gasteiger partial charge on any atom is -0.482 e. The number of nitrogens with zero attached hydrogens (tertiary/aromatic N) is 1. The lowest BCUT2D eigenvalue weighted by atomic mass is 9.99. The van der Waals surface area contributed by atoms with Gasteiger partial charge in [0.25, 0.3) is 5.91 Å². The predicted molar refractivity (Wildman–Crippen MR) is 80.2 cm³/mol. The molecule has 5 heteroatoms. The van der Waals surface area contributed by atoms with Crippen molar-refractivity contribution < 1.29 is 19.1 Å². The van der Waals surface area contributed by atoms with E-state index < -0.39 is 0 Å². The minimum atomic E-state index is -0.0858. The van der Waals surface area contributed by atoms with Crippen LogP contribution in [0.1, 0.15) is 36.2 Å². The quantitative estimate of drug-likeness (QED) is 0.595. The fourth-order valence-electron chi connectivity index (χ4n) is 2.52. The number of rotatable bonds is 6. The van der Waals surface area contributed by atoms with E-state index in [-0.39, 0.29) is 18.3 Å². The summed E-state index contributed by atoms with van der Waals surface area (Å²) >= 11 is 0. The molecule has 0 bridgehead atoms. The van der Waals surface area contributed by atoms with Gasteiger partial charge in [0.1, 0.15) is 5.75 Å². The third-order valence-electron chi connectivity index (χ3n) is 3.62. The molecule has 1 amide bonds. The second-order valence-corrected chi connectivity index (χ2v) is 5.07. The van der Waals surface area contributed by atoms with E-state index in [1.54, 1.807) is 25.0 Å². The second-order valence-electron chi connectivity index (χ2n) is 5.07. The number of fused-ring (bicyclic) bond motifs is 1. The van der Waals surface area contributed by atoms with E-state index in [1.165, 1.54) is 0 Å². The number of anilines is 1. The molecule has 0 N–H and O–H groups in total. The van der Waals surface area contributed by atoms with E-state index in [9.17, 15) is 9.59 Å². The molecule has 0 atom stereocenters. The van der Waals surface area contributed by atoms with Crippen molar-refractivity contribution in [1.82, 2.24) is 0 Å². The lowest BCUT2D eigenvalue weighted by molar-refractivity contribution is -0.121. The average Bonchev–Trinajstić information content (AvgIpc) is 2.48. The zero-order chi connectivity index (χ0) is 15.4. The monoisotopic (exact) mass is 291 g/mol. The first-order valence-electron chi connectivity index (χ1n) is 7.18. The van der Waals surface area contributed by atoms with Gasteiger partial charge in [-0.2, -0.15) is 0 Å². The first-order chi connectivity index (χ1) is 10.1. The molecule has 0 spiro atoms. The maximum Gasteiger partial charge on any atom is 0.265 e. The summed E-state index contributed by atoms with van der Waals surface area (Å²) in [6, 6.07) is 3.65. The lowest BCUT2D eigenvalue weighted by Gasteiger charge is -2.30. The number of benzene rings is 1. The Labute approximate surface area is 124 Å². The fourth-order valence-corrected chi connectivity index (χ4v) is 2.52. The van der Waals surface area contributed by atoms with Crippen LogP contribution in [0.25, 0.3) is 0 Å². The SMILES string of the molecule is CCc1cc2c(cc1C(C)=O)N(CCCOC)C(=O)CO2. The fraction of sp³-hybridized carbons (Fsp3) is 0.500. The van der Waals surface area contributed by atoms with Crippen LogP contribution < -0.4 is 9.64 Å². The third-order valence-corrected chi connectivity index (χ3v) is 3.62. The van der Waals surface area contributed by atoms with Gasteiger partial charge in [-0.3, -0.25) is 9.59 Å². The molecule has 2 rings (SSSR count). The van der Waals surface area contributed by atoms with Crippen LogP contribution in [0, 0.1) is 0 Å². The highest BCUT2D eigenvalue weighted by atomic mass is 16.5. The standard InChI is InChI=1S/C16H21NO4/c1-4-12-8-15-14(9-13(12)11(2)18)17(6-5-7-20-3)16(19)10-21-15/h8-9H,4-7,10H2,1-3H3. The largest absolute Gasteiger partial charge is 0.482 e. The number of carbonyl (C=O) groups is 2. The molecule has 0 saturated carbocycles. The molecule has 0 fully saturated rings. The number of ether oxygens (including phenoxy) is 2. The number of carbonyl (C=O) groups excluding carboxylic acids is 2. The van der Waals surface area contributed by atoms with Crippen LogP contribution in [0.5, 0.6) is 5.75 Å². The van der Waals surface area contributed by atoms with Crippen molar-refractivity contribution in [2.24, 2.45) is 0 Å². The van der Waals surface area contributed by atoms with Gasteiger partial charge in [-0.25, -0.2) is 0 Å². The van der Waals surface area contributed by atoms with Gasteiger partial charge in [0.15, 0.2) is 12.4 Å². The van der Waals surface area contributed by atoms with Crippen LogP contribution in [0.3, 0.4) is 0 Å². The number of amides is 1. The van der Waals surface area contributed by atoms with Crippen molar-refractivity contribution in [3.63, 3.8) is 0 Å². The Morgan fingerprint density at radius 1 is 1.43 bits per heavy atom. The molecule has 1 heterocycles. The average molecular weight is 291 g/mol. The zero-order valence-corrected chi connectivity index (χ0v) is 12.8. The van der Waals surface area contributed by atoms with Crippen molar-refractivity contribution >= 4 is 17.4 Å². The van der Waals surface area contributed by atoms with Crippen LogP contribution in [0.15, 0.2) is 12.1 Å². The molecular weight excluding hydrogens is 270 g/mol. The molecule has 5 nitrogen and oxygen atoms in total. The Morgan fingerprint density at radius 2 is 2.19 bits per heavy atom. The third kappa shape index (κ3) is 3.24. The van der Waals surface area contributed by atoms with E-state index >= 15 is 0 Å². The molecular formula is C16H21NO4. The summed E-state index contributed by atoms with van der Waals surface area (Å²) in [5, 5.41) is 0. The second kappa shape index (κ2) is 6.72. The van der Waals surface area contributed by atoms with Crippen molar-refractivity contribution in [2.75, 3.05) is 31.8 Å². The van der Waals surface area contributed by atoms with Gasteiger partial charge < -0.3 is 14.4 Å². The Kier molecular flexibility index (Phi) is 4.96. The molecule has 114 valence electrons. The molecule has 0 radical (unpaired) electrons. The van der Waals surface area contributed by atoms with Gasteiger partial charge in [0.2, 0.25) is 0 Å². The highest BCUT2D eigenvalue weighted by Gasteiger charge is 2.27. The summed E-state index contributed by atoms with van der Waals surface area (Å²) in [6.07, 6.45) is 1.50. The van der Waals surface area contributed by atoms with Crippen molar-refractivity contribution in [3.8, 4) is 5.75 Å². The van der Waals surface area contributed by atoms with E-state index in [4.69, 9.17) is 9.47 Å². The maximum absolute atomic E-state index is 12.1. The summed E-state index contributed by atoms with van der Waals surface area (Å²) in [6.45, 7) is 4.74. The first kappa shape index (κ1) is 15.5. The predicted octanol–water partition coefficient (Wildman–Crippen LogP) is 2.21. The summed E-state index contributed by atoms with van der Waals surface area (Å²) in [7, 11) is 1.64. The van der Waals surface area contributed by atoms with Crippen molar-refractivity contribution in [1.29, 1.82) is 0 Å². The Hall–Kier alpha value is -1.88. The van der Waals surface area contributed by atoms with E-state index in [0.29, 0.717) is 30.2 Å². The summed E-state index contributed by atoms with van der Waals surface area (Å²) < 4.78 is 10.5. The minimum absolute atomic E-state index is 0.00418. The van der Waals surface area contributed by atoms with Crippen molar-refractivity contribution in [3.05, 3.63) is 23.3 Å². The van der Waals surface area contributed by atoms with Crippen LogP contribution in [0.4, 0.5) is 5.69 Å². The number of hydrogen-bond acceptors (Lipinski definition) is 4. The number of methoxy groups -OCH3 is 1. The van der Waals surface area contributed by atoms with Crippen molar-refractivity contribution in [2.45, 2.75) is 26.7 Å². The van der Waals surface area contributed by atoms with Gasteiger partial charge in [0, 0.05) is 25.8 Å². The van der Waals surface area contributed by atoms with Gasteiger partial charge in [0.05, 0.1) is 5.69 Å². The highest BCUT2D eigenvalue weighted by Crippen LogP contribution is 2.35. The number of ketones is 1. The Bertz CT molecular complexity index is 553. The number of Topliss-reactive ketones (excluding diaryl/α,β-unsaturated/α-hetero) is 1. The molecule has 1 aliphatic heterocycles. The molecule has 21 heavy (non-hydrogen) atoms. The topological polar surface area (TPSA) is 55.8 Å². The van der Waals surface area contributed by atoms with Gasteiger partial charge in [-0.1, -0.05) is 6.92 Å². The highest BCUT2D eigenvalue weighted by molar-refractivity contribution is 6.02. The first-order valence-corrected chi connectivity index (χ1v) is 7.18. The molecule has 1 aromatic rings. The van der Waals surface area contributed by atoms with Crippen LogP contribution in [0.2, 0.25) is 0 Å². The van der Waals surface area contributed by atoms with E-state index in [0.717, 1.165) is 18.4 Å². The summed E-state index contributed by atoms with van der Waals surface area (Å²) in [4.78, 5) is 25.5. The summed E-state index contributed by atoms with van der Waals surface area (Å²) in [5.74, 6) is 0.593. The summed E-state index contributed by atoms with van der Waals surface area (Å²) in [5.41, 5.74) is 2.29. The smallest absolute Gasteiger partial charge is 0.265 e. The molecule has 0 unspecified atom stereocenters. The van der Waals surface area contributed by atoms with Crippen LogP contribution >= 0.6 is 0 Å². The number of aryl methyl sites for hydroxylation is 1. The maximum atomic E-state index is 12.1. The molecule has 1 aliphatic rings. The molecule has 0 saturated heterocycles. The molecule has 1 aromatic carbocycles. The van der Waals surface area contributed by atoms with E-state index in [1.807, 2.05) is 13.0 Å². The normalized spacial score (nSPS) is 13.9. The molecule has 0 aliphatic carbocycles. The van der Waals surface area contributed by atoms with Gasteiger partial charge in [-0.15, -0.1) is 0 Å². The molecule has 0 aromatic heterocycles. The van der Waals surface area contributed by atoms with Crippen LogP contribution in [-0.2, 0) is 16.0 Å². The number of hydrogen-bond donors (Lipinski definition) is 0. The van der Waals surface area contributed by atoms with E-state index in [2.05, 4.69) is 0 Å². The Morgan fingerprint density at radius 3 is 2.81 bits per heavy atom. The Balaban J connectivity index is 2.38.